The third kappa shape index (κ3) is 7.29. The molecule has 7 heteroatoms. The molecule has 0 radical (unpaired) electrons. The minimum atomic E-state index is -0.0177. The first-order valence-electron chi connectivity index (χ1n) is 9.41. The molecule has 2 N–H and O–H groups in total. The highest BCUT2D eigenvalue weighted by molar-refractivity contribution is 14.0. The number of nitrogens with zero attached hydrogens (tertiary/aromatic N) is 2. The number of nitrogens with one attached hydrogen (secondary N) is 2. The molecule has 6 nitrogen and oxygen atoms in total. The van der Waals surface area contributed by atoms with Gasteiger partial charge in [-0.3, -0.25) is 9.79 Å². The standard InChI is InChI=1S/C20H32N4O2.HI/c1-5-15(2)23-19(25)18-8-6-16(7-9-18)12-22-20(21-3)24-11-10-17(13-24)14-26-4;/h6-9,15,17H,5,10-14H2,1-4H3,(H,21,22)(H,23,25);1H. The van der Waals surface area contributed by atoms with Crippen LogP contribution in [0, 0.1) is 5.92 Å². The highest BCUT2D eigenvalue weighted by Crippen LogP contribution is 2.16. The van der Waals surface area contributed by atoms with Crippen LogP contribution in [0.1, 0.15) is 42.6 Å². The Kier molecular flexibility index (Phi) is 10.7. The van der Waals surface area contributed by atoms with Crippen LogP contribution < -0.4 is 10.6 Å². The molecule has 2 unspecified atom stereocenters. The highest BCUT2D eigenvalue weighted by Gasteiger charge is 2.24. The predicted molar refractivity (Wildman–Crippen MR) is 121 cm³/mol. The molecule has 0 saturated carbocycles. The van der Waals surface area contributed by atoms with Crippen molar-refractivity contribution in [3.05, 3.63) is 35.4 Å². The largest absolute Gasteiger partial charge is 0.384 e. The van der Waals surface area contributed by atoms with Crippen molar-refractivity contribution in [2.75, 3.05) is 33.9 Å². The zero-order valence-electron chi connectivity index (χ0n) is 16.8. The number of benzene rings is 1. The fourth-order valence-electron chi connectivity index (χ4n) is 3.09. The second kappa shape index (κ2) is 12.2. The minimum Gasteiger partial charge on any atom is -0.384 e. The lowest BCUT2D eigenvalue weighted by atomic mass is 10.1. The van der Waals surface area contributed by atoms with E-state index in [4.69, 9.17) is 4.74 Å². The molecule has 1 fully saturated rings. The van der Waals surface area contributed by atoms with E-state index in [9.17, 15) is 4.79 Å². The van der Waals surface area contributed by atoms with Crippen molar-refractivity contribution in [3.8, 4) is 0 Å². The molecule has 27 heavy (non-hydrogen) atoms. The number of guanidine groups is 1. The molecule has 2 rings (SSSR count). The molecule has 0 aromatic heterocycles. The van der Waals surface area contributed by atoms with Crippen LogP contribution in [0.25, 0.3) is 0 Å². The Morgan fingerprint density at radius 3 is 2.67 bits per heavy atom. The maximum atomic E-state index is 12.1. The number of methoxy groups -OCH3 is 1. The van der Waals surface area contributed by atoms with Gasteiger partial charge < -0.3 is 20.3 Å². The molecule has 1 saturated heterocycles. The second-order valence-corrected chi connectivity index (χ2v) is 6.94. The molecular weight excluding hydrogens is 455 g/mol. The molecule has 1 amide bonds. The van der Waals surface area contributed by atoms with Gasteiger partial charge in [-0.05, 0) is 37.5 Å². The van der Waals surface area contributed by atoms with Crippen LogP contribution in [0.2, 0.25) is 0 Å². The van der Waals surface area contributed by atoms with Crippen molar-refractivity contribution in [1.82, 2.24) is 15.5 Å². The number of hydrogen-bond donors (Lipinski definition) is 2. The van der Waals surface area contributed by atoms with Crippen molar-refractivity contribution in [2.24, 2.45) is 10.9 Å². The summed E-state index contributed by atoms with van der Waals surface area (Å²) < 4.78 is 5.26. The summed E-state index contributed by atoms with van der Waals surface area (Å²) in [6.45, 7) is 7.53. The van der Waals surface area contributed by atoms with Gasteiger partial charge in [-0.15, -0.1) is 24.0 Å². The lowest BCUT2D eigenvalue weighted by Crippen LogP contribution is -2.39. The first-order valence-corrected chi connectivity index (χ1v) is 9.41. The average molecular weight is 488 g/mol. The van der Waals surface area contributed by atoms with Gasteiger partial charge in [-0.1, -0.05) is 19.1 Å². The normalized spacial score (nSPS) is 18.0. The highest BCUT2D eigenvalue weighted by atomic mass is 127. The van der Waals surface area contributed by atoms with E-state index in [0.717, 1.165) is 44.1 Å². The van der Waals surface area contributed by atoms with Crippen LogP contribution in [-0.4, -0.2) is 56.7 Å². The van der Waals surface area contributed by atoms with Gasteiger partial charge in [0, 0.05) is 51.3 Å². The second-order valence-electron chi connectivity index (χ2n) is 6.94. The summed E-state index contributed by atoms with van der Waals surface area (Å²) in [5.74, 6) is 1.47. The number of ether oxygens (including phenoxy) is 1. The summed E-state index contributed by atoms with van der Waals surface area (Å²) in [4.78, 5) is 18.8. The molecule has 1 aliphatic heterocycles. The van der Waals surface area contributed by atoms with E-state index in [1.807, 2.05) is 38.2 Å². The van der Waals surface area contributed by atoms with Crippen LogP contribution in [0.3, 0.4) is 0 Å². The molecule has 1 aromatic carbocycles. The van der Waals surface area contributed by atoms with Gasteiger partial charge in [0.25, 0.3) is 5.91 Å². The van der Waals surface area contributed by atoms with Crippen LogP contribution >= 0.6 is 24.0 Å². The molecule has 0 spiro atoms. The van der Waals surface area contributed by atoms with Gasteiger partial charge in [0.2, 0.25) is 0 Å². The number of carbonyl (C=O) groups excluding carboxylic acids is 1. The summed E-state index contributed by atoms with van der Waals surface area (Å²) in [5, 5.41) is 6.40. The van der Waals surface area contributed by atoms with Crippen LogP contribution in [0.5, 0.6) is 0 Å². The number of rotatable bonds is 7. The number of likely N-dealkylation sites (tertiary alicyclic amines) is 1. The molecule has 0 bridgehead atoms. The Morgan fingerprint density at radius 2 is 2.07 bits per heavy atom. The zero-order valence-corrected chi connectivity index (χ0v) is 19.2. The fourth-order valence-corrected chi connectivity index (χ4v) is 3.09. The number of aliphatic imine (C=N–C) groups is 1. The van der Waals surface area contributed by atoms with E-state index in [2.05, 4.69) is 27.4 Å². The van der Waals surface area contributed by atoms with E-state index in [0.29, 0.717) is 18.0 Å². The number of carbonyl (C=O) groups is 1. The molecule has 1 aliphatic rings. The number of amides is 1. The topological polar surface area (TPSA) is 66.0 Å². The fraction of sp³-hybridized carbons (Fsp3) is 0.600. The summed E-state index contributed by atoms with van der Waals surface area (Å²) in [6, 6.07) is 7.92. The van der Waals surface area contributed by atoms with Gasteiger partial charge in [-0.2, -0.15) is 0 Å². The third-order valence-electron chi connectivity index (χ3n) is 4.86. The average Bonchev–Trinajstić information content (AvgIpc) is 3.11. The van der Waals surface area contributed by atoms with Gasteiger partial charge in [0.05, 0.1) is 6.61 Å². The Bertz CT molecular complexity index is 607. The monoisotopic (exact) mass is 488 g/mol. The van der Waals surface area contributed by atoms with E-state index < -0.39 is 0 Å². The summed E-state index contributed by atoms with van der Waals surface area (Å²) in [5.41, 5.74) is 1.82. The van der Waals surface area contributed by atoms with Crippen molar-refractivity contribution in [3.63, 3.8) is 0 Å². The molecule has 0 aliphatic carbocycles. The van der Waals surface area contributed by atoms with Gasteiger partial charge in [0.1, 0.15) is 0 Å². The van der Waals surface area contributed by atoms with Crippen molar-refractivity contribution in [1.29, 1.82) is 0 Å². The van der Waals surface area contributed by atoms with E-state index in [1.165, 1.54) is 0 Å². The maximum absolute atomic E-state index is 12.1. The summed E-state index contributed by atoms with van der Waals surface area (Å²) in [6.07, 6.45) is 2.06. The Hall–Kier alpha value is -1.35. The van der Waals surface area contributed by atoms with Crippen molar-refractivity contribution < 1.29 is 9.53 Å². The van der Waals surface area contributed by atoms with Crippen LogP contribution in [0.15, 0.2) is 29.3 Å². The first-order chi connectivity index (χ1) is 12.6. The summed E-state index contributed by atoms with van der Waals surface area (Å²) in [7, 11) is 3.57. The smallest absolute Gasteiger partial charge is 0.251 e. The lowest BCUT2D eigenvalue weighted by molar-refractivity contribution is 0.0939. The maximum Gasteiger partial charge on any atom is 0.251 e. The van der Waals surface area contributed by atoms with Crippen molar-refractivity contribution >= 4 is 35.8 Å². The number of hydrogen-bond acceptors (Lipinski definition) is 3. The lowest BCUT2D eigenvalue weighted by Gasteiger charge is -2.21. The van der Waals surface area contributed by atoms with Crippen LogP contribution in [-0.2, 0) is 11.3 Å². The number of halogens is 1. The molecule has 1 heterocycles. The first kappa shape index (κ1) is 23.7. The SMILES string of the molecule is CCC(C)NC(=O)c1ccc(CNC(=NC)N2CCC(COC)C2)cc1.I. The minimum absolute atomic E-state index is 0. The summed E-state index contributed by atoms with van der Waals surface area (Å²) >= 11 is 0. The van der Waals surface area contributed by atoms with E-state index >= 15 is 0 Å². The molecule has 1 aromatic rings. The predicted octanol–water partition coefficient (Wildman–Crippen LogP) is 2.88. The molecular formula is C20H33IN4O2. The van der Waals surface area contributed by atoms with Crippen LogP contribution in [0.4, 0.5) is 0 Å². The third-order valence-corrected chi connectivity index (χ3v) is 4.86. The zero-order chi connectivity index (χ0) is 18.9. The Morgan fingerprint density at radius 1 is 1.37 bits per heavy atom. The Labute approximate surface area is 180 Å². The molecule has 2 atom stereocenters. The van der Waals surface area contributed by atoms with Gasteiger partial charge in [-0.25, -0.2) is 0 Å². The van der Waals surface area contributed by atoms with Crippen molar-refractivity contribution in [2.45, 2.75) is 39.3 Å². The molecule has 152 valence electrons. The van der Waals surface area contributed by atoms with Gasteiger partial charge in [0.15, 0.2) is 5.96 Å². The Balaban J connectivity index is 0.00000364. The van der Waals surface area contributed by atoms with Gasteiger partial charge >= 0.3 is 0 Å². The van der Waals surface area contributed by atoms with E-state index in [1.54, 1.807) is 7.11 Å². The van der Waals surface area contributed by atoms with E-state index in [-0.39, 0.29) is 35.9 Å². The quantitative estimate of drug-likeness (QED) is 0.352.